The Morgan fingerprint density at radius 3 is 2.00 bits per heavy atom. The van der Waals surface area contributed by atoms with Gasteiger partial charge in [-0.2, -0.15) is 0 Å². The van der Waals surface area contributed by atoms with Crippen LogP contribution in [0.3, 0.4) is 0 Å². The first-order valence-corrected chi connectivity index (χ1v) is 6.44. The number of fused-ring (bicyclic) bond motifs is 1. The Bertz CT molecular complexity index is 261. The Morgan fingerprint density at radius 1 is 1.00 bits per heavy atom. The van der Waals surface area contributed by atoms with E-state index in [1.165, 1.54) is 0 Å². The zero-order chi connectivity index (χ0) is 11.4. The highest BCUT2D eigenvalue weighted by molar-refractivity contribution is 4.98. The van der Waals surface area contributed by atoms with Crippen LogP contribution in [0.2, 0.25) is 0 Å². The number of aliphatic hydroxyl groups is 1. The lowest BCUT2D eigenvalue weighted by Gasteiger charge is -2.42. The second-order valence-electron chi connectivity index (χ2n) is 6.71. The molecule has 3 nitrogen and oxygen atoms in total. The third kappa shape index (κ3) is 1.79. The molecule has 3 atom stereocenters. The van der Waals surface area contributed by atoms with Crippen molar-refractivity contribution in [1.29, 1.82) is 0 Å². The fraction of sp³-hybridized carbons (Fsp3) is 1.00. The monoisotopic (exact) mass is 226 g/mol. The minimum absolute atomic E-state index is 0.0765. The summed E-state index contributed by atoms with van der Waals surface area (Å²) in [5, 5.41) is 9.62. The van der Waals surface area contributed by atoms with Crippen molar-refractivity contribution in [2.45, 2.75) is 51.4 Å². The van der Waals surface area contributed by atoms with E-state index in [-0.39, 0.29) is 17.3 Å². The molecule has 1 aliphatic heterocycles. The quantitative estimate of drug-likeness (QED) is 0.686. The van der Waals surface area contributed by atoms with E-state index >= 15 is 0 Å². The molecule has 1 heterocycles. The maximum Gasteiger partial charge on any atom is 0.168 e. The molecule has 0 aromatic heterocycles. The van der Waals surface area contributed by atoms with Gasteiger partial charge in [0.2, 0.25) is 0 Å². The largest absolute Gasteiger partial charge is 0.393 e. The van der Waals surface area contributed by atoms with Crippen molar-refractivity contribution in [3.05, 3.63) is 0 Å². The molecule has 3 heteroatoms. The second-order valence-corrected chi connectivity index (χ2v) is 6.71. The molecule has 3 rings (SSSR count). The van der Waals surface area contributed by atoms with E-state index in [4.69, 9.17) is 9.47 Å². The van der Waals surface area contributed by atoms with Crippen LogP contribution in [-0.2, 0) is 9.47 Å². The van der Waals surface area contributed by atoms with Gasteiger partial charge in [-0.25, -0.2) is 0 Å². The Morgan fingerprint density at radius 2 is 1.50 bits per heavy atom. The summed E-state index contributed by atoms with van der Waals surface area (Å²) in [7, 11) is 0. The van der Waals surface area contributed by atoms with Crippen LogP contribution in [0.15, 0.2) is 0 Å². The lowest BCUT2D eigenvalue weighted by molar-refractivity contribution is -0.297. The smallest absolute Gasteiger partial charge is 0.168 e. The minimum atomic E-state index is -0.301. The molecule has 1 spiro atoms. The van der Waals surface area contributed by atoms with Crippen LogP contribution in [0.5, 0.6) is 0 Å². The summed E-state index contributed by atoms with van der Waals surface area (Å²) >= 11 is 0. The van der Waals surface area contributed by atoms with Crippen molar-refractivity contribution in [1.82, 2.24) is 0 Å². The van der Waals surface area contributed by atoms with E-state index in [9.17, 15) is 5.11 Å². The molecule has 0 aromatic rings. The van der Waals surface area contributed by atoms with Gasteiger partial charge in [-0.3, -0.25) is 0 Å². The molecule has 1 saturated heterocycles. The summed E-state index contributed by atoms with van der Waals surface area (Å²) < 4.78 is 12.0. The maximum atomic E-state index is 9.62. The van der Waals surface area contributed by atoms with Crippen molar-refractivity contribution in [2.75, 3.05) is 13.2 Å². The molecule has 0 amide bonds. The molecule has 1 unspecified atom stereocenters. The van der Waals surface area contributed by atoms with Crippen LogP contribution in [0, 0.1) is 17.3 Å². The van der Waals surface area contributed by atoms with Crippen molar-refractivity contribution in [2.24, 2.45) is 17.3 Å². The third-order valence-electron chi connectivity index (χ3n) is 4.41. The van der Waals surface area contributed by atoms with Crippen molar-refractivity contribution in [3.63, 3.8) is 0 Å². The molecule has 2 aliphatic carbocycles. The molecule has 92 valence electrons. The van der Waals surface area contributed by atoms with E-state index in [1.54, 1.807) is 0 Å². The highest BCUT2D eigenvalue weighted by Crippen LogP contribution is 2.52. The molecule has 3 fully saturated rings. The average molecular weight is 226 g/mol. The normalized spacial score (nSPS) is 44.8. The van der Waals surface area contributed by atoms with Gasteiger partial charge < -0.3 is 14.6 Å². The predicted octanol–water partition coefficient (Wildman–Crippen LogP) is 1.94. The summed E-state index contributed by atoms with van der Waals surface area (Å²) in [6, 6.07) is 0. The van der Waals surface area contributed by atoms with E-state index in [1.807, 2.05) is 0 Å². The first kappa shape index (κ1) is 11.0. The van der Waals surface area contributed by atoms with Crippen LogP contribution < -0.4 is 0 Å². The van der Waals surface area contributed by atoms with Gasteiger partial charge in [0.15, 0.2) is 5.79 Å². The lowest BCUT2D eigenvalue weighted by Crippen LogP contribution is -2.46. The van der Waals surface area contributed by atoms with Gasteiger partial charge in [0.1, 0.15) is 0 Å². The van der Waals surface area contributed by atoms with Gasteiger partial charge in [0.05, 0.1) is 19.3 Å². The van der Waals surface area contributed by atoms with Crippen LogP contribution in [-0.4, -0.2) is 30.2 Å². The van der Waals surface area contributed by atoms with Gasteiger partial charge in [-0.15, -0.1) is 0 Å². The maximum absolute atomic E-state index is 9.62. The molecular weight excluding hydrogens is 204 g/mol. The summed E-state index contributed by atoms with van der Waals surface area (Å²) in [6.07, 6.45) is 3.80. The molecule has 2 saturated carbocycles. The average Bonchev–Trinajstić information content (AvgIpc) is 2.66. The van der Waals surface area contributed by atoms with Crippen LogP contribution in [0.4, 0.5) is 0 Å². The highest BCUT2D eigenvalue weighted by Gasteiger charge is 2.53. The van der Waals surface area contributed by atoms with Gasteiger partial charge >= 0.3 is 0 Å². The summed E-state index contributed by atoms with van der Waals surface area (Å²) in [4.78, 5) is 0. The van der Waals surface area contributed by atoms with Gasteiger partial charge in [-0.1, -0.05) is 13.8 Å². The Labute approximate surface area is 97.1 Å². The first-order chi connectivity index (χ1) is 7.48. The van der Waals surface area contributed by atoms with E-state index < -0.39 is 0 Å². The highest BCUT2D eigenvalue weighted by atomic mass is 16.7. The number of hydrogen-bond acceptors (Lipinski definition) is 3. The zero-order valence-electron chi connectivity index (χ0n) is 10.2. The number of aliphatic hydroxyl groups excluding tert-OH is 1. The molecule has 0 aromatic carbocycles. The molecule has 1 N–H and O–H groups in total. The van der Waals surface area contributed by atoms with Crippen molar-refractivity contribution < 1.29 is 14.6 Å². The fourth-order valence-corrected chi connectivity index (χ4v) is 3.54. The number of rotatable bonds is 0. The zero-order valence-corrected chi connectivity index (χ0v) is 10.2. The predicted molar refractivity (Wildman–Crippen MR) is 59.9 cm³/mol. The third-order valence-corrected chi connectivity index (χ3v) is 4.41. The summed E-state index contributed by atoms with van der Waals surface area (Å²) in [5.41, 5.74) is 0.155. The molecular formula is C13H22O3. The summed E-state index contributed by atoms with van der Waals surface area (Å²) in [6.45, 7) is 5.96. The van der Waals surface area contributed by atoms with Gasteiger partial charge in [0, 0.05) is 18.3 Å². The van der Waals surface area contributed by atoms with E-state index in [2.05, 4.69) is 13.8 Å². The van der Waals surface area contributed by atoms with Crippen molar-refractivity contribution in [3.8, 4) is 0 Å². The summed E-state index contributed by atoms with van der Waals surface area (Å²) in [5.74, 6) is 0.942. The first-order valence-electron chi connectivity index (χ1n) is 6.44. The van der Waals surface area contributed by atoms with Crippen molar-refractivity contribution >= 4 is 0 Å². The van der Waals surface area contributed by atoms with Crippen LogP contribution in [0.1, 0.15) is 39.5 Å². The topological polar surface area (TPSA) is 38.7 Å². The molecule has 16 heavy (non-hydrogen) atoms. The Kier molecular flexibility index (Phi) is 2.36. The Balaban J connectivity index is 1.66. The van der Waals surface area contributed by atoms with E-state index in [0.29, 0.717) is 11.8 Å². The molecule has 0 bridgehead atoms. The van der Waals surface area contributed by atoms with Crippen LogP contribution >= 0.6 is 0 Å². The van der Waals surface area contributed by atoms with E-state index in [0.717, 1.165) is 38.9 Å². The van der Waals surface area contributed by atoms with Crippen LogP contribution in [0.25, 0.3) is 0 Å². The van der Waals surface area contributed by atoms with Gasteiger partial charge in [0.25, 0.3) is 0 Å². The second kappa shape index (κ2) is 3.44. The minimum Gasteiger partial charge on any atom is -0.393 e. The van der Waals surface area contributed by atoms with Gasteiger partial charge in [-0.05, 0) is 24.7 Å². The SMILES string of the molecule is CC1(C)COC2(C[C@H]3CC(O)C[C@H]3C2)OC1. The number of ether oxygens (including phenoxy) is 2. The fourth-order valence-electron chi connectivity index (χ4n) is 3.54. The Hall–Kier alpha value is -0.120. The lowest BCUT2D eigenvalue weighted by atomic mass is 9.94. The molecule has 0 radical (unpaired) electrons. The molecule has 3 aliphatic rings. The standard InChI is InChI=1S/C13H22O3/c1-12(2)7-15-13(16-8-12)5-9-3-11(14)4-10(9)6-13/h9-11,14H,3-8H2,1-2H3/t9-,10+,11?. The number of hydrogen-bond donors (Lipinski definition) is 1.